The van der Waals surface area contributed by atoms with E-state index in [4.69, 9.17) is 4.74 Å². The Kier molecular flexibility index (Phi) is 3.59. The molecule has 1 aliphatic heterocycles. The molecule has 2 heterocycles. The number of pyridine rings is 1. The lowest BCUT2D eigenvalue weighted by atomic mass is 10.1. The summed E-state index contributed by atoms with van der Waals surface area (Å²) < 4.78 is 42.7. The first-order valence-corrected chi connectivity index (χ1v) is 5.78. The van der Waals surface area contributed by atoms with Gasteiger partial charge >= 0.3 is 6.18 Å². The van der Waals surface area contributed by atoms with Crippen LogP contribution in [-0.2, 0) is 10.9 Å². The maximum absolute atomic E-state index is 12.4. The Bertz CT molecular complexity index is 405. The number of aromatic nitrogens is 1. The summed E-state index contributed by atoms with van der Waals surface area (Å²) in [4.78, 5) is 3.87. The number of halogens is 3. The summed E-state index contributed by atoms with van der Waals surface area (Å²) in [5, 5.41) is 3.27. The van der Waals surface area contributed by atoms with Crippen LogP contribution in [0, 0.1) is 0 Å². The van der Waals surface area contributed by atoms with E-state index in [-0.39, 0.29) is 18.2 Å². The number of rotatable bonds is 1. The predicted molar refractivity (Wildman–Crippen MR) is 60.0 cm³/mol. The minimum atomic E-state index is -4.34. The molecule has 3 atom stereocenters. The van der Waals surface area contributed by atoms with Gasteiger partial charge in [-0.15, -0.1) is 0 Å². The van der Waals surface area contributed by atoms with Gasteiger partial charge in [-0.1, -0.05) is 0 Å². The second kappa shape index (κ2) is 4.85. The maximum atomic E-state index is 12.4. The van der Waals surface area contributed by atoms with Gasteiger partial charge in [0.1, 0.15) is 0 Å². The van der Waals surface area contributed by atoms with Crippen molar-refractivity contribution >= 4 is 0 Å². The second-order valence-corrected chi connectivity index (χ2v) is 4.52. The molecule has 1 N–H and O–H groups in total. The average molecular weight is 260 g/mol. The third-order valence-corrected chi connectivity index (χ3v) is 3.16. The molecule has 1 aromatic heterocycles. The molecule has 0 radical (unpaired) electrons. The first kappa shape index (κ1) is 13.3. The molecule has 0 aromatic carbocycles. The standard InChI is InChI=1S/C12H15F3N2O/c1-7-8(2)18-6-11(17-7)10-4-3-9(5-16-10)12(13,14)15/h3-5,7-8,11,17H,6H2,1-2H3. The number of nitrogens with zero attached hydrogens (tertiary/aromatic N) is 1. The van der Waals surface area contributed by atoms with Crippen molar-refractivity contribution in [3.05, 3.63) is 29.6 Å². The molecule has 0 spiro atoms. The van der Waals surface area contributed by atoms with Crippen molar-refractivity contribution in [3.8, 4) is 0 Å². The highest BCUT2D eigenvalue weighted by atomic mass is 19.4. The SMILES string of the molecule is CC1NC(c2ccc(C(F)(F)F)cn2)COC1C. The van der Waals surface area contributed by atoms with Gasteiger partial charge in [0.15, 0.2) is 0 Å². The highest BCUT2D eigenvalue weighted by Gasteiger charge is 2.31. The van der Waals surface area contributed by atoms with E-state index < -0.39 is 11.7 Å². The van der Waals surface area contributed by atoms with Crippen LogP contribution in [0.2, 0.25) is 0 Å². The highest BCUT2D eigenvalue weighted by Crippen LogP contribution is 2.29. The largest absolute Gasteiger partial charge is 0.417 e. The fourth-order valence-corrected chi connectivity index (χ4v) is 1.84. The fourth-order valence-electron chi connectivity index (χ4n) is 1.84. The molecular formula is C12H15F3N2O. The summed E-state index contributed by atoms with van der Waals surface area (Å²) in [6.07, 6.45) is -3.39. The normalized spacial score (nSPS) is 29.3. The molecule has 6 heteroatoms. The predicted octanol–water partition coefficient (Wildman–Crippen LogP) is 2.54. The molecule has 1 aliphatic rings. The Hall–Kier alpha value is -1.14. The van der Waals surface area contributed by atoms with E-state index in [1.807, 2.05) is 13.8 Å². The molecule has 0 amide bonds. The molecule has 1 aromatic rings. The van der Waals surface area contributed by atoms with Crippen molar-refractivity contribution in [1.29, 1.82) is 0 Å². The zero-order chi connectivity index (χ0) is 13.3. The Morgan fingerprint density at radius 2 is 2.06 bits per heavy atom. The minimum Gasteiger partial charge on any atom is -0.375 e. The molecule has 100 valence electrons. The van der Waals surface area contributed by atoms with Crippen LogP contribution in [0.5, 0.6) is 0 Å². The molecular weight excluding hydrogens is 245 g/mol. The van der Waals surface area contributed by atoms with E-state index in [2.05, 4.69) is 10.3 Å². The van der Waals surface area contributed by atoms with Crippen LogP contribution in [0.4, 0.5) is 13.2 Å². The van der Waals surface area contributed by atoms with Gasteiger partial charge in [-0.25, -0.2) is 0 Å². The van der Waals surface area contributed by atoms with Gasteiger partial charge in [0.25, 0.3) is 0 Å². The Morgan fingerprint density at radius 1 is 1.33 bits per heavy atom. The first-order chi connectivity index (χ1) is 8.38. The lowest BCUT2D eigenvalue weighted by molar-refractivity contribution is -0.137. The van der Waals surface area contributed by atoms with Crippen molar-refractivity contribution in [2.45, 2.75) is 38.2 Å². The first-order valence-electron chi connectivity index (χ1n) is 5.78. The molecule has 18 heavy (non-hydrogen) atoms. The molecule has 0 aliphatic carbocycles. The van der Waals surface area contributed by atoms with Crippen molar-refractivity contribution in [2.24, 2.45) is 0 Å². The summed E-state index contributed by atoms with van der Waals surface area (Å²) in [5.41, 5.74) is -0.161. The highest BCUT2D eigenvalue weighted by molar-refractivity contribution is 5.19. The van der Waals surface area contributed by atoms with Crippen LogP contribution in [0.3, 0.4) is 0 Å². The van der Waals surface area contributed by atoms with Crippen LogP contribution in [0.1, 0.15) is 31.1 Å². The molecule has 1 fully saturated rings. The van der Waals surface area contributed by atoms with Crippen molar-refractivity contribution in [3.63, 3.8) is 0 Å². The van der Waals surface area contributed by atoms with E-state index >= 15 is 0 Å². The van der Waals surface area contributed by atoms with Gasteiger partial charge in [-0.2, -0.15) is 13.2 Å². The summed E-state index contributed by atoms with van der Waals surface area (Å²) in [7, 11) is 0. The fraction of sp³-hybridized carbons (Fsp3) is 0.583. The Balaban J connectivity index is 2.11. The van der Waals surface area contributed by atoms with Crippen LogP contribution in [-0.4, -0.2) is 23.7 Å². The molecule has 3 nitrogen and oxygen atoms in total. The average Bonchev–Trinajstić information content (AvgIpc) is 2.32. The van der Waals surface area contributed by atoms with E-state index in [1.165, 1.54) is 6.07 Å². The quantitative estimate of drug-likeness (QED) is 0.842. The summed E-state index contributed by atoms with van der Waals surface area (Å²) in [6.45, 7) is 4.35. The van der Waals surface area contributed by atoms with Crippen LogP contribution in [0.25, 0.3) is 0 Å². The van der Waals surface area contributed by atoms with Crippen molar-refractivity contribution < 1.29 is 17.9 Å². The Labute approximate surface area is 103 Å². The summed E-state index contributed by atoms with van der Waals surface area (Å²) in [6, 6.07) is 2.44. The van der Waals surface area contributed by atoms with Crippen LogP contribution < -0.4 is 5.32 Å². The van der Waals surface area contributed by atoms with Gasteiger partial charge in [-0.05, 0) is 26.0 Å². The number of hydrogen-bond acceptors (Lipinski definition) is 3. The number of alkyl halides is 3. The number of nitrogens with one attached hydrogen (secondary N) is 1. The Morgan fingerprint density at radius 3 is 2.56 bits per heavy atom. The molecule has 3 unspecified atom stereocenters. The third-order valence-electron chi connectivity index (χ3n) is 3.16. The summed E-state index contributed by atoms with van der Waals surface area (Å²) >= 11 is 0. The zero-order valence-electron chi connectivity index (χ0n) is 10.2. The van der Waals surface area contributed by atoms with Gasteiger partial charge in [-0.3, -0.25) is 4.98 Å². The van der Waals surface area contributed by atoms with E-state index in [1.54, 1.807) is 0 Å². The molecule has 1 saturated heterocycles. The van der Waals surface area contributed by atoms with Gasteiger partial charge in [0, 0.05) is 12.2 Å². The topological polar surface area (TPSA) is 34.2 Å². The van der Waals surface area contributed by atoms with Crippen molar-refractivity contribution in [1.82, 2.24) is 10.3 Å². The lowest BCUT2D eigenvalue weighted by Crippen LogP contribution is -2.47. The molecule has 0 bridgehead atoms. The van der Waals surface area contributed by atoms with E-state index in [0.717, 1.165) is 12.3 Å². The van der Waals surface area contributed by atoms with Crippen LogP contribution in [0.15, 0.2) is 18.3 Å². The monoisotopic (exact) mass is 260 g/mol. The minimum absolute atomic E-state index is 0.0932. The summed E-state index contributed by atoms with van der Waals surface area (Å²) in [5.74, 6) is 0. The smallest absolute Gasteiger partial charge is 0.375 e. The van der Waals surface area contributed by atoms with Crippen LogP contribution >= 0.6 is 0 Å². The lowest BCUT2D eigenvalue weighted by Gasteiger charge is -2.33. The maximum Gasteiger partial charge on any atom is 0.417 e. The van der Waals surface area contributed by atoms with E-state index in [0.29, 0.717) is 12.3 Å². The van der Waals surface area contributed by atoms with E-state index in [9.17, 15) is 13.2 Å². The van der Waals surface area contributed by atoms with Crippen molar-refractivity contribution in [2.75, 3.05) is 6.61 Å². The van der Waals surface area contributed by atoms with Gasteiger partial charge in [0.2, 0.25) is 0 Å². The number of hydrogen-bond donors (Lipinski definition) is 1. The second-order valence-electron chi connectivity index (χ2n) is 4.52. The number of morpholine rings is 1. The third kappa shape index (κ3) is 2.81. The van der Waals surface area contributed by atoms with Gasteiger partial charge < -0.3 is 10.1 Å². The number of ether oxygens (including phenoxy) is 1. The molecule has 0 saturated carbocycles. The molecule has 2 rings (SSSR count). The van der Waals surface area contributed by atoms with Gasteiger partial charge in [0.05, 0.1) is 30.0 Å². The zero-order valence-corrected chi connectivity index (χ0v) is 10.2.